The summed E-state index contributed by atoms with van der Waals surface area (Å²) in [5.74, 6) is 1.40. The summed E-state index contributed by atoms with van der Waals surface area (Å²) in [6.07, 6.45) is 2.18. The molecule has 0 bridgehead atoms. The molecule has 0 radical (unpaired) electrons. The fourth-order valence-corrected chi connectivity index (χ4v) is 2.73. The first-order valence-corrected chi connectivity index (χ1v) is 8.73. The minimum absolute atomic E-state index is 0.0326. The average Bonchev–Trinajstić information content (AvgIpc) is 3.18. The summed E-state index contributed by atoms with van der Waals surface area (Å²) in [7, 11) is 0. The first-order chi connectivity index (χ1) is 13.3. The third-order valence-electron chi connectivity index (χ3n) is 4.15. The van der Waals surface area contributed by atoms with Gasteiger partial charge in [0.15, 0.2) is 5.82 Å². The molecule has 0 unspecified atom stereocenters. The van der Waals surface area contributed by atoms with Crippen molar-refractivity contribution in [1.82, 2.24) is 15.1 Å². The minimum Gasteiger partial charge on any atom is -0.376 e. The van der Waals surface area contributed by atoms with Gasteiger partial charge in [-0.3, -0.25) is 0 Å². The molecular formula is C19H19FN4O3. The van der Waals surface area contributed by atoms with Crippen LogP contribution in [0.4, 0.5) is 10.2 Å². The Bertz CT molecular complexity index is 861. The van der Waals surface area contributed by atoms with E-state index in [-0.39, 0.29) is 11.9 Å². The summed E-state index contributed by atoms with van der Waals surface area (Å²) in [4.78, 5) is 8.74. The Morgan fingerprint density at radius 2 is 2.00 bits per heavy atom. The summed E-state index contributed by atoms with van der Waals surface area (Å²) >= 11 is 0. The number of ether oxygens (including phenoxy) is 2. The number of hydrogen-bond donors (Lipinski definition) is 1. The molecule has 7 nitrogen and oxygen atoms in total. The molecule has 3 heterocycles. The van der Waals surface area contributed by atoms with Crippen LogP contribution in [0.15, 0.2) is 47.1 Å². The van der Waals surface area contributed by atoms with E-state index in [2.05, 4.69) is 20.4 Å². The Labute approximate surface area is 155 Å². The van der Waals surface area contributed by atoms with E-state index in [1.54, 1.807) is 18.3 Å². The van der Waals surface area contributed by atoms with Gasteiger partial charge < -0.3 is 19.3 Å². The molecule has 1 aliphatic heterocycles. The first kappa shape index (κ1) is 17.6. The maximum Gasteiger partial charge on any atom is 0.259 e. The zero-order valence-corrected chi connectivity index (χ0v) is 14.6. The zero-order chi connectivity index (χ0) is 18.5. The average molecular weight is 370 g/mol. The molecule has 2 aromatic heterocycles. The van der Waals surface area contributed by atoms with Gasteiger partial charge in [-0.05, 0) is 29.8 Å². The van der Waals surface area contributed by atoms with E-state index in [1.807, 2.05) is 12.1 Å². The van der Waals surface area contributed by atoms with Gasteiger partial charge in [-0.25, -0.2) is 9.37 Å². The number of rotatable bonds is 6. The predicted octanol–water partition coefficient (Wildman–Crippen LogP) is 2.69. The van der Waals surface area contributed by atoms with Crippen LogP contribution in [0.3, 0.4) is 0 Å². The smallest absolute Gasteiger partial charge is 0.259 e. The van der Waals surface area contributed by atoms with Gasteiger partial charge in [0, 0.05) is 19.2 Å². The number of nitrogens with zero attached hydrogens (tertiary/aromatic N) is 3. The Morgan fingerprint density at radius 1 is 1.11 bits per heavy atom. The van der Waals surface area contributed by atoms with Gasteiger partial charge in [-0.15, -0.1) is 0 Å². The van der Waals surface area contributed by atoms with Crippen LogP contribution in [0, 0.1) is 5.82 Å². The lowest BCUT2D eigenvalue weighted by molar-refractivity contribution is -0.0819. The van der Waals surface area contributed by atoms with E-state index in [9.17, 15) is 4.39 Å². The van der Waals surface area contributed by atoms with Crippen LogP contribution in [-0.4, -0.2) is 47.6 Å². The van der Waals surface area contributed by atoms with E-state index in [1.165, 1.54) is 12.1 Å². The van der Waals surface area contributed by atoms with Gasteiger partial charge in [-0.2, -0.15) is 4.98 Å². The fourth-order valence-electron chi connectivity index (χ4n) is 2.73. The highest BCUT2D eigenvalue weighted by molar-refractivity contribution is 5.54. The maximum atomic E-state index is 13.0. The summed E-state index contributed by atoms with van der Waals surface area (Å²) in [6.45, 7) is 2.49. The van der Waals surface area contributed by atoms with Crippen LogP contribution in [0.25, 0.3) is 11.5 Å². The van der Waals surface area contributed by atoms with Crippen molar-refractivity contribution in [2.75, 3.05) is 31.7 Å². The number of halogens is 1. The molecule has 1 atom stereocenters. The normalized spacial score (nSPS) is 17.0. The van der Waals surface area contributed by atoms with Crippen LogP contribution in [-0.2, 0) is 15.9 Å². The lowest BCUT2D eigenvalue weighted by atomic mass is 10.1. The van der Waals surface area contributed by atoms with Crippen molar-refractivity contribution in [2.24, 2.45) is 0 Å². The van der Waals surface area contributed by atoms with Gasteiger partial charge in [0.2, 0.25) is 0 Å². The van der Waals surface area contributed by atoms with E-state index >= 15 is 0 Å². The molecule has 0 saturated carbocycles. The summed E-state index contributed by atoms with van der Waals surface area (Å²) in [6, 6.07) is 9.95. The summed E-state index contributed by atoms with van der Waals surface area (Å²) in [5.41, 5.74) is 1.64. The fraction of sp³-hybridized carbons (Fsp3) is 0.316. The highest BCUT2D eigenvalue weighted by atomic mass is 19.1. The topological polar surface area (TPSA) is 82.3 Å². The van der Waals surface area contributed by atoms with Gasteiger partial charge in [-0.1, -0.05) is 17.3 Å². The Balaban J connectivity index is 1.36. The molecule has 1 aromatic carbocycles. The highest BCUT2D eigenvalue weighted by Gasteiger charge is 2.14. The van der Waals surface area contributed by atoms with E-state index in [4.69, 9.17) is 14.0 Å². The monoisotopic (exact) mass is 370 g/mol. The van der Waals surface area contributed by atoms with Crippen LogP contribution in [0.1, 0.15) is 11.4 Å². The number of nitrogens with one attached hydrogen (secondary N) is 1. The molecular weight excluding hydrogens is 351 g/mol. The third-order valence-corrected chi connectivity index (χ3v) is 4.15. The zero-order valence-electron chi connectivity index (χ0n) is 14.6. The van der Waals surface area contributed by atoms with Crippen molar-refractivity contribution in [3.8, 4) is 11.5 Å². The molecule has 140 valence electrons. The van der Waals surface area contributed by atoms with Crippen LogP contribution >= 0.6 is 0 Å². The van der Waals surface area contributed by atoms with Crippen molar-refractivity contribution >= 4 is 5.82 Å². The molecule has 3 aromatic rings. The SMILES string of the molecule is Fc1ccc(Cc2noc(-c3ccc(NC[C@@H]4COCCO4)nc3)n2)cc1. The van der Waals surface area contributed by atoms with E-state index < -0.39 is 0 Å². The van der Waals surface area contributed by atoms with Crippen LogP contribution in [0.2, 0.25) is 0 Å². The number of anilines is 1. The second-order valence-corrected chi connectivity index (χ2v) is 6.20. The highest BCUT2D eigenvalue weighted by Crippen LogP contribution is 2.19. The van der Waals surface area contributed by atoms with Crippen molar-refractivity contribution in [1.29, 1.82) is 0 Å². The molecule has 0 aliphatic carbocycles. The molecule has 1 N–H and O–H groups in total. The van der Waals surface area contributed by atoms with Gasteiger partial charge >= 0.3 is 0 Å². The molecule has 1 aliphatic rings. The Hall–Kier alpha value is -2.84. The van der Waals surface area contributed by atoms with Crippen molar-refractivity contribution in [3.05, 3.63) is 59.8 Å². The number of hydrogen-bond acceptors (Lipinski definition) is 7. The quantitative estimate of drug-likeness (QED) is 0.714. The van der Waals surface area contributed by atoms with Gasteiger partial charge in [0.05, 0.1) is 31.5 Å². The van der Waals surface area contributed by atoms with E-state index in [0.717, 1.165) is 16.9 Å². The molecule has 1 saturated heterocycles. The molecule has 0 spiro atoms. The predicted molar refractivity (Wildman–Crippen MR) is 95.8 cm³/mol. The molecule has 4 rings (SSSR count). The number of pyridine rings is 1. The second-order valence-electron chi connectivity index (χ2n) is 6.20. The maximum absolute atomic E-state index is 13.0. The van der Waals surface area contributed by atoms with Crippen molar-refractivity contribution < 1.29 is 18.4 Å². The third kappa shape index (κ3) is 4.66. The first-order valence-electron chi connectivity index (χ1n) is 8.73. The van der Waals surface area contributed by atoms with Gasteiger partial charge in [0.25, 0.3) is 5.89 Å². The molecule has 8 heteroatoms. The molecule has 27 heavy (non-hydrogen) atoms. The van der Waals surface area contributed by atoms with Gasteiger partial charge in [0.1, 0.15) is 11.6 Å². The Kier molecular flexibility index (Phi) is 5.36. The summed E-state index contributed by atoms with van der Waals surface area (Å²) in [5, 5.41) is 7.20. The number of aromatic nitrogens is 3. The Morgan fingerprint density at radius 3 is 2.74 bits per heavy atom. The largest absolute Gasteiger partial charge is 0.376 e. The lowest BCUT2D eigenvalue weighted by Crippen LogP contribution is -2.34. The van der Waals surface area contributed by atoms with Crippen molar-refractivity contribution in [3.63, 3.8) is 0 Å². The van der Waals surface area contributed by atoms with Crippen LogP contribution < -0.4 is 5.32 Å². The van der Waals surface area contributed by atoms with Crippen molar-refractivity contribution in [2.45, 2.75) is 12.5 Å². The number of benzene rings is 1. The van der Waals surface area contributed by atoms with Crippen LogP contribution in [0.5, 0.6) is 0 Å². The molecule has 0 amide bonds. The molecule has 1 fully saturated rings. The standard InChI is InChI=1S/C19H19FN4O3/c20-15-4-1-13(2-5-15)9-18-23-19(27-24-18)14-3-6-17(21-10-14)22-11-16-12-25-7-8-26-16/h1-6,10,16H,7-9,11-12H2,(H,21,22)/t16-/m1/s1. The lowest BCUT2D eigenvalue weighted by Gasteiger charge is -2.23. The minimum atomic E-state index is -0.269. The second kappa shape index (κ2) is 8.24. The van der Waals surface area contributed by atoms with E-state index in [0.29, 0.717) is 44.5 Å². The summed E-state index contributed by atoms with van der Waals surface area (Å²) < 4.78 is 29.2.